The van der Waals surface area contributed by atoms with Crippen molar-refractivity contribution in [2.45, 2.75) is 20.4 Å². The molecule has 1 aliphatic heterocycles. The van der Waals surface area contributed by atoms with E-state index in [4.69, 9.17) is 16.3 Å². The number of hydrogen-bond donors (Lipinski definition) is 0. The third kappa shape index (κ3) is 3.11. The Morgan fingerprint density at radius 2 is 1.90 bits per heavy atom. The summed E-state index contributed by atoms with van der Waals surface area (Å²) in [5.74, 6) is 0.0593. The molecule has 0 fully saturated rings. The molecule has 5 nitrogen and oxygen atoms in total. The third-order valence-electron chi connectivity index (χ3n) is 4.69. The van der Waals surface area contributed by atoms with E-state index in [1.807, 2.05) is 6.92 Å². The van der Waals surface area contributed by atoms with Crippen LogP contribution >= 0.6 is 11.6 Å². The fourth-order valence-electron chi connectivity index (χ4n) is 3.42. The fraction of sp³-hybridized carbons (Fsp3) is 0.190. The number of aryl methyl sites for hydroxylation is 1. The Bertz CT molecular complexity index is 1150. The van der Waals surface area contributed by atoms with E-state index in [1.54, 1.807) is 23.6 Å². The predicted octanol–water partition coefficient (Wildman–Crippen LogP) is 4.87. The van der Waals surface area contributed by atoms with Crippen LogP contribution < -0.4 is 0 Å². The highest BCUT2D eigenvalue weighted by Crippen LogP contribution is 2.36. The highest BCUT2D eigenvalue weighted by atomic mass is 35.5. The molecular weight excluding hydrogens is 398 g/mol. The van der Waals surface area contributed by atoms with Crippen LogP contribution in [0, 0.1) is 18.6 Å². The molecule has 0 radical (unpaired) electrons. The predicted molar refractivity (Wildman–Crippen MR) is 107 cm³/mol. The van der Waals surface area contributed by atoms with Crippen LogP contribution in [0.25, 0.3) is 11.4 Å². The first-order valence-corrected chi connectivity index (χ1v) is 9.36. The van der Waals surface area contributed by atoms with Crippen molar-refractivity contribution in [1.82, 2.24) is 14.8 Å². The van der Waals surface area contributed by atoms with Crippen LogP contribution in [0.5, 0.6) is 0 Å². The van der Waals surface area contributed by atoms with E-state index in [-0.39, 0.29) is 22.8 Å². The number of benzene rings is 2. The van der Waals surface area contributed by atoms with Crippen molar-refractivity contribution >= 4 is 23.1 Å². The summed E-state index contributed by atoms with van der Waals surface area (Å²) in [5, 5.41) is 8.48. The van der Waals surface area contributed by atoms with Gasteiger partial charge in [0.1, 0.15) is 29.8 Å². The van der Waals surface area contributed by atoms with E-state index < -0.39 is 11.6 Å². The number of ether oxygens (including phenoxy) is 1. The molecule has 4 rings (SSSR count). The minimum absolute atomic E-state index is 0.0939. The van der Waals surface area contributed by atoms with Gasteiger partial charge in [-0.1, -0.05) is 24.2 Å². The van der Waals surface area contributed by atoms with Gasteiger partial charge >= 0.3 is 0 Å². The summed E-state index contributed by atoms with van der Waals surface area (Å²) in [6.45, 7) is 8.02. The van der Waals surface area contributed by atoms with Gasteiger partial charge < -0.3 is 4.74 Å². The summed E-state index contributed by atoms with van der Waals surface area (Å²) in [6, 6.07) is 7.21. The summed E-state index contributed by atoms with van der Waals surface area (Å²) in [7, 11) is 0. The van der Waals surface area contributed by atoms with Gasteiger partial charge in [0.05, 0.1) is 28.6 Å². The second-order valence-corrected chi connectivity index (χ2v) is 6.82. The normalized spacial score (nSPS) is 12.7. The van der Waals surface area contributed by atoms with Crippen LogP contribution in [0.15, 0.2) is 41.9 Å². The minimum atomic E-state index is -0.728. The number of halogens is 3. The highest BCUT2D eigenvalue weighted by molar-refractivity contribution is 6.37. The molecule has 8 heteroatoms. The Kier molecular flexibility index (Phi) is 4.92. The Morgan fingerprint density at radius 1 is 1.17 bits per heavy atom. The second-order valence-electron chi connectivity index (χ2n) is 6.44. The SMILES string of the molecule is C=C(OCC)c1ccc2c(c1Cl)C(c1c(F)cccc1F)=NCc1nnc(C)n1-2. The molecular formula is C21H17ClF2N4O. The Hall–Kier alpha value is -3.06. The lowest BCUT2D eigenvalue weighted by molar-refractivity contribution is 0.299. The number of aromatic nitrogens is 3. The molecule has 0 atom stereocenters. The highest BCUT2D eigenvalue weighted by Gasteiger charge is 2.29. The van der Waals surface area contributed by atoms with Crippen molar-refractivity contribution < 1.29 is 13.5 Å². The Morgan fingerprint density at radius 3 is 2.59 bits per heavy atom. The third-order valence-corrected chi connectivity index (χ3v) is 5.08. The van der Waals surface area contributed by atoms with Crippen molar-refractivity contribution in [3.05, 3.63) is 81.9 Å². The van der Waals surface area contributed by atoms with Crippen LogP contribution in [0.3, 0.4) is 0 Å². The number of hydrogen-bond acceptors (Lipinski definition) is 4. The fourth-order valence-corrected chi connectivity index (χ4v) is 3.78. The van der Waals surface area contributed by atoms with Gasteiger partial charge in [0.2, 0.25) is 0 Å². The monoisotopic (exact) mass is 414 g/mol. The van der Waals surface area contributed by atoms with E-state index in [1.165, 1.54) is 18.2 Å². The minimum Gasteiger partial charge on any atom is -0.494 e. The molecule has 0 N–H and O–H groups in total. The molecule has 2 heterocycles. The van der Waals surface area contributed by atoms with Crippen LogP contribution in [-0.2, 0) is 11.3 Å². The van der Waals surface area contributed by atoms with Gasteiger partial charge in [-0.15, -0.1) is 10.2 Å². The molecule has 148 valence electrons. The van der Waals surface area contributed by atoms with Crippen molar-refractivity contribution in [3.63, 3.8) is 0 Å². The lowest BCUT2D eigenvalue weighted by Crippen LogP contribution is -2.13. The Labute approximate surface area is 171 Å². The first kappa shape index (κ1) is 19.3. The van der Waals surface area contributed by atoms with Crippen LogP contribution in [-0.4, -0.2) is 27.1 Å². The molecule has 0 aliphatic carbocycles. The van der Waals surface area contributed by atoms with Crippen molar-refractivity contribution in [3.8, 4) is 5.69 Å². The summed E-state index contributed by atoms with van der Waals surface area (Å²) >= 11 is 6.74. The molecule has 29 heavy (non-hydrogen) atoms. The zero-order valence-electron chi connectivity index (χ0n) is 15.8. The maximum absolute atomic E-state index is 14.7. The standard InChI is InChI=1S/C21H17ClF2N4O/c1-4-29-11(2)13-8-9-16-19(20(13)22)21(18-14(23)6-5-7-15(18)24)25-10-17-27-26-12(3)28(16)17/h5-9H,2,4,10H2,1,3H3. The maximum Gasteiger partial charge on any atom is 0.159 e. The van der Waals surface area contributed by atoms with Gasteiger partial charge in [0.15, 0.2) is 5.82 Å². The summed E-state index contributed by atoms with van der Waals surface area (Å²) < 4.78 is 36.6. The largest absolute Gasteiger partial charge is 0.494 e. The molecule has 3 aromatic rings. The molecule has 0 unspecified atom stereocenters. The van der Waals surface area contributed by atoms with E-state index in [9.17, 15) is 8.78 Å². The quantitative estimate of drug-likeness (QED) is 0.572. The Balaban J connectivity index is 2.06. The first-order chi connectivity index (χ1) is 13.9. The average molecular weight is 415 g/mol. The number of aliphatic imine (C=N–C) groups is 1. The van der Waals surface area contributed by atoms with Gasteiger partial charge in [0, 0.05) is 11.1 Å². The smallest absolute Gasteiger partial charge is 0.159 e. The van der Waals surface area contributed by atoms with E-state index in [2.05, 4.69) is 21.8 Å². The van der Waals surface area contributed by atoms with Gasteiger partial charge in [0.25, 0.3) is 0 Å². The molecule has 0 spiro atoms. The number of rotatable bonds is 4. The van der Waals surface area contributed by atoms with Gasteiger partial charge in [-0.3, -0.25) is 9.56 Å². The lowest BCUT2D eigenvalue weighted by atomic mass is 9.96. The molecule has 0 saturated carbocycles. The molecule has 1 aliphatic rings. The summed E-state index contributed by atoms with van der Waals surface area (Å²) in [6.07, 6.45) is 0. The maximum atomic E-state index is 14.7. The molecule has 2 aromatic carbocycles. The van der Waals surface area contributed by atoms with Gasteiger partial charge in [-0.05, 0) is 38.1 Å². The summed E-state index contributed by atoms with van der Waals surface area (Å²) in [4.78, 5) is 4.48. The van der Waals surface area contributed by atoms with Crippen LogP contribution in [0.2, 0.25) is 5.02 Å². The topological polar surface area (TPSA) is 52.3 Å². The molecule has 0 bridgehead atoms. The zero-order chi connectivity index (χ0) is 20.7. The van der Waals surface area contributed by atoms with Crippen molar-refractivity contribution in [2.24, 2.45) is 4.99 Å². The van der Waals surface area contributed by atoms with Crippen LogP contribution in [0.1, 0.15) is 35.3 Å². The van der Waals surface area contributed by atoms with Crippen molar-refractivity contribution in [1.29, 1.82) is 0 Å². The lowest BCUT2D eigenvalue weighted by Gasteiger charge is -2.18. The van der Waals surface area contributed by atoms with E-state index in [0.29, 0.717) is 40.8 Å². The van der Waals surface area contributed by atoms with Crippen molar-refractivity contribution in [2.75, 3.05) is 6.61 Å². The average Bonchev–Trinajstić information content (AvgIpc) is 2.95. The van der Waals surface area contributed by atoms with Gasteiger partial charge in [-0.2, -0.15) is 0 Å². The zero-order valence-corrected chi connectivity index (χ0v) is 16.6. The van der Waals surface area contributed by atoms with E-state index in [0.717, 1.165) is 0 Å². The van der Waals surface area contributed by atoms with Gasteiger partial charge in [-0.25, -0.2) is 8.78 Å². The van der Waals surface area contributed by atoms with Crippen LogP contribution in [0.4, 0.5) is 8.78 Å². The summed E-state index contributed by atoms with van der Waals surface area (Å²) in [5.41, 5.74) is 1.34. The first-order valence-electron chi connectivity index (χ1n) is 8.99. The van der Waals surface area contributed by atoms with E-state index >= 15 is 0 Å². The molecule has 0 saturated heterocycles. The molecule has 0 amide bonds. The molecule has 1 aromatic heterocycles. The number of nitrogens with zero attached hydrogens (tertiary/aromatic N) is 4. The second kappa shape index (κ2) is 7.40. The number of fused-ring (bicyclic) bond motifs is 3.